The standard InChI is InChI=1S/C18H26O/c1-12(2)17(18(3,4)5)15-10-6-9-14-13(15)8-7-11-16(14)19/h6,9-10,12,17H,7-8,11H2,1-5H3. The predicted octanol–water partition coefficient (Wildman–Crippen LogP) is 4.99. The maximum absolute atomic E-state index is 12.1. The van der Waals surface area contributed by atoms with Crippen molar-refractivity contribution in [2.24, 2.45) is 11.3 Å². The number of fused-ring (bicyclic) bond motifs is 1. The molecule has 0 spiro atoms. The molecule has 1 heteroatoms. The number of carbonyl (C=O) groups is 1. The molecule has 1 aromatic rings. The normalized spacial score (nSPS) is 17.5. The Kier molecular flexibility index (Phi) is 3.85. The van der Waals surface area contributed by atoms with E-state index in [2.05, 4.69) is 46.8 Å². The zero-order valence-corrected chi connectivity index (χ0v) is 12.9. The van der Waals surface area contributed by atoms with Crippen LogP contribution in [0.1, 0.15) is 74.9 Å². The summed E-state index contributed by atoms with van der Waals surface area (Å²) >= 11 is 0. The van der Waals surface area contributed by atoms with Gasteiger partial charge in [-0.2, -0.15) is 0 Å². The van der Waals surface area contributed by atoms with Gasteiger partial charge >= 0.3 is 0 Å². The highest BCUT2D eigenvalue weighted by Crippen LogP contribution is 2.43. The van der Waals surface area contributed by atoms with Gasteiger partial charge in [0.1, 0.15) is 0 Å². The van der Waals surface area contributed by atoms with Gasteiger partial charge in [0.2, 0.25) is 0 Å². The first kappa shape index (κ1) is 14.3. The van der Waals surface area contributed by atoms with Crippen molar-refractivity contribution >= 4 is 5.78 Å². The van der Waals surface area contributed by atoms with Gasteiger partial charge < -0.3 is 0 Å². The Morgan fingerprint density at radius 3 is 2.37 bits per heavy atom. The van der Waals surface area contributed by atoms with Gasteiger partial charge in [0.15, 0.2) is 5.78 Å². The third kappa shape index (κ3) is 2.75. The monoisotopic (exact) mass is 258 g/mol. The highest BCUT2D eigenvalue weighted by molar-refractivity contribution is 5.98. The van der Waals surface area contributed by atoms with Gasteiger partial charge in [-0.3, -0.25) is 4.79 Å². The zero-order chi connectivity index (χ0) is 14.2. The van der Waals surface area contributed by atoms with E-state index in [4.69, 9.17) is 0 Å². The number of ketones is 1. The van der Waals surface area contributed by atoms with Crippen molar-refractivity contribution in [3.63, 3.8) is 0 Å². The summed E-state index contributed by atoms with van der Waals surface area (Å²) in [6.45, 7) is 11.5. The summed E-state index contributed by atoms with van der Waals surface area (Å²) in [4.78, 5) is 12.1. The van der Waals surface area contributed by atoms with E-state index in [9.17, 15) is 4.79 Å². The number of hydrogen-bond donors (Lipinski definition) is 0. The maximum atomic E-state index is 12.1. The third-order valence-electron chi connectivity index (χ3n) is 4.28. The zero-order valence-electron chi connectivity index (χ0n) is 12.9. The molecule has 0 aromatic heterocycles. The molecule has 1 aliphatic carbocycles. The fraction of sp³-hybridized carbons (Fsp3) is 0.611. The van der Waals surface area contributed by atoms with Crippen LogP contribution in [0.4, 0.5) is 0 Å². The lowest BCUT2D eigenvalue weighted by atomic mass is 9.68. The van der Waals surface area contributed by atoms with Crippen LogP contribution in [0.5, 0.6) is 0 Å². The van der Waals surface area contributed by atoms with E-state index in [1.165, 1.54) is 11.1 Å². The molecule has 1 aliphatic rings. The minimum absolute atomic E-state index is 0.226. The molecule has 0 saturated heterocycles. The Morgan fingerprint density at radius 1 is 1.11 bits per heavy atom. The first-order valence-corrected chi connectivity index (χ1v) is 7.47. The lowest BCUT2D eigenvalue weighted by Gasteiger charge is -2.37. The third-order valence-corrected chi connectivity index (χ3v) is 4.28. The average molecular weight is 258 g/mol. The Hall–Kier alpha value is -1.11. The molecular formula is C18H26O. The molecule has 19 heavy (non-hydrogen) atoms. The van der Waals surface area contributed by atoms with E-state index < -0.39 is 0 Å². The highest BCUT2D eigenvalue weighted by Gasteiger charge is 2.32. The predicted molar refractivity (Wildman–Crippen MR) is 80.7 cm³/mol. The molecule has 1 aromatic carbocycles. The molecular weight excluding hydrogens is 232 g/mol. The Balaban J connectivity index is 2.56. The summed E-state index contributed by atoms with van der Waals surface area (Å²) in [7, 11) is 0. The average Bonchev–Trinajstić information content (AvgIpc) is 2.28. The van der Waals surface area contributed by atoms with E-state index in [0.29, 0.717) is 17.6 Å². The van der Waals surface area contributed by atoms with Crippen LogP contribution in [0.25, 0.3) is 0 Å². The number of Topliss-reactive ketones (excluding diaryl/α,β-unsaturated/α-hetero) is 1. The van der Waals surface area contributed by atoms with Gasteiger partial charge in [-0.15, -0.1) is 0 Å². The van der Waals surface area contributed by atoms with Crippen molar-refractivity contribution in [2.45, 2.75) is 59.8 Å². The van der Waals surface area contributed by atoms with Crippen molar-refractivity contribution in [2.75, 3.05) is 0 Å². The maximum Gasteiger partial charge on any atom is 0.163 e. The van der Waals surface area contributed by atoms with Crippen molar-refractivity contribution in [1.29, 1.82) is 0 Å². The Morgan fingerprint density at radius 2 is 1.79 bits per heavy atom. The summed E-state index contributed by atoms with van der Waals surface area (Å²) in [6.07, 6.45) is 2.80. The molecule has 1 nitrogen and oxygen atoms in total. The van der Waals surface area contributed by atoms with Crippen LogP contribution in [0, 0.1) is 11.3 Å². The smallest absolute Gasteiger partial charge is 0.163 e. The summed E-state index contributed by atoms with van der Waals surface area (Å²) in [6, 6.07) is 6.33. The molecule has 1 unspecified atom stereocenters. The second-order valence-corrected chi connectivity index (χ2v) is 7.24. The van der Waals surface area contributed by atoms with E-state index in [0.717, 1.165) is 24.8 Å². The fourth-order valence-corrected chi connectivity index (χ4v) is 3.82. The lowest BCUT2D eigenvalue weighted by Crippen LogP contribution is -2.26. The van der Waals surface area contributed by atoms with E-state index in [1.807, 2.05) is 6.07 Å². The first-order valence-electron chi connectivity index (χ1n) is 7.47. The quantitative estimate of drug-likeness (QED) is 0.730. The molecule has 0 saturated carbocycles. The van der Waals surface area contributed by atoms with E-state index in [-0.39, 0.29) is 5.41 Å². The van der Waals surface area contributed by atoms with Gasteiger partial charge in [-0.1, -0.05) is 52.8 Å². The molecule has 104 valence electrons. The van der Waals surface area contributed by atoms with Crippen LogP contribution in [0.3, 0.4) is 0 Å². The van der Waals surface area contributed by atoms with Crippen LogP contribution < -0.4 is 0 Å². The highest BCUT2D eigenvalue weighted by atomic mass is 16.1. The molecule has 1 atom stereocenters. The minimum Gasteiger partial charge on any atom is -0.294 e. The van der Waals surface area contributed by atoms with E-state index >= 15 is 0 Å². The van der Waals surface area contributed by atoms with E-state index in [1.54, 1.807) is 0 Å². The molecule has 0 amide bonds. The number of rotatable bonds is 2. The van der Waals surface area contributed by atoms with Crippen LogP contribution in [-0.2, 0) is 6.42 Å². The van der Waals surface area contributed by atoms with Crippen molar-refractivity contribution in [1.82, 2.24) is 0 Å². The van der Waals surface area contributed by atoms with Crippen LogP contribution in [0.2, 0.25) is 0 Å². The summed E-state index contributed by atoms with van der Waals surface area (Å²) in [5.74, 6) is 1.43. The number of benzene rings is 1. The van der Waals surface area contributed by atoms with Crippen LogP contribution in [0.15, 0.2) is 18.2 Å². The molecule has 0 bridgehead atoms. The van der Waals surface area contributed by atoms with Gasteiger partial charge in [0.25, 0.3) is 0 Å². The van der Waals surface area contributed by atoms with Crippen molar-refractivity contribution < 1.29 is 4.79 Å². The fourth-order valence-electron chi connectivity index (χ4n) is 3.82. The van der Waals surface area contributed by atoms with Gasteiger partial charge in [-0.05, 0) is 41.2 Å². The first-order chi connectivity index (χ1) is 8.82. The summed E-state index contributed by atoms with van der Waals surface area (Å²) in [5.41, 5.74) is 3.95. The lowest BCUT2D eigenvalue weighted by molar-refractivity contribution is 0.0971. The summed E-state index contributed by atoms with van der Waals surface area (Å²) < 4.78 is 0. The molecule has 2 rings (SSSR count). The van der Waals surface area contributed by atoms with Gasteiger partial charge in [-0.25, -0.2) is 0 Å². The number of hydrogen-bond acceptors (Lipinski definition) is 1. The van der Waals surface area contributed by atoms with Gasteiger partial charge in [0, 0.05) is 12.0 Å². The Labute approximate surface area is 117 Å². The van der Waals surface area contributed by atoms with Crippen LogP contribution in [-0.4, -0.2) is 5.78 Å². The molecule has 0 radical (unpaired) electrons. The van der Waals surface area contributed by atoms with Crippen molar-refractivity contribution in [3.05, 3.63) is 34.9 Å². The topological polar surface area (TPSA) is 17.1 Å². The molecule has 0 heterocycles. The van der Waals surface area contributed by atoms with Crippen molar-refractivity contribution in [3.8, 4) is 0 Å². The number of carbonyl (C=O) groups excluding carboxylic acids is 1. The molecule has 0 aliphatic heterocycles. The second kappa shape index (κ2) is 5.11. The minimum atomic E-state index is 0.226. The largest absolute Gasteiger partial charge is 0.294 e. The molecule has 0 N–H and O–H groups in total. The summed E-state index contributed by atoms with van der Waals surface area (Å²) in [5, 5.41) is 0. The van der Waals surface area contributed by atoms with Gasteiger partial charge in [0.05, 0.1) is 0 Å². The van der Waals surface area contributed by atoms with Crippen LogP contribution >= 0.6 is 0 Å². The SMILES string of the molecule is CC(C)C(c1cccc2c1CCCC2=O)C(C)(C)C. The molecule has 0 fully saturated rings. The second-order valence-electron chi connectivity index (χ2n) is 7.24. The Bertz CT molecular complexity index is 477.